The number of benzene rings is 1. The monoisotopic (exact) mass is 326 g/mol. The molecule has 6 heteroatoms. The number of fused-ring (bicyclic) bond motifs is 1. The van der Waals surface area contributed by atoms with Crippen LogP contribution >= 0.6 is 0 Å². The van der Waals surface area contributed by atoms with Crippen molar-refractivity contribution in [2.24, 2.45) is 5.41 Å². The average Bonchev–Trinajstić information content (AvgIpc) is 3.04. The largest absolute Gasteiger partial charge is 0.361 e. The number of aromatic nitrogens is 3. The van der Waals surface area contributed by atoms with Crippen molar-refractivity contribution in [2.75, 3.05) is 5.32 Å². The van der Waals surface area contributed by atoms with E-state index in [9.17, 15) is 9.59 Å². The number of H-pyrrole nitrogens is 2. The topological polar surface area (TPSA) is 82.7 Å². The summed E-state index contributed by atoms with van der Waals surface area (Å²) in [5.41, 5.74) is 1.76. The quantitative estimate of drug-likeness (QED) is 0.688. The van der Waals surface area contributed by atoms with E-state index in [0.717, 1.165) is 16.5 Å². The summed E-state index contributed by atoms with van der Waals surface area (Å²) < 4.78 is 1.67. The smallest absolute Gasteiger partial charge is 0.266 e. The second-order valence-electron chi connectivity index (χ2n) is 7.23. The number of nitrogens with zero attached hydrogens (tertiary/aromatic N) is 1. The van der Waals surface area contributed by atoms with Crippen molar-refractivity contribution in [3.8, 4) is 0 Å². The van der Waals surface area contributed by atoms with Crippen LogP contribution in [0.5, 0.6) is 0 Å². The predicted octanol–water partition coefficient (Wildman–Crippen LogP) is 3.08. The van der Waals surface area contributed by atoms with Crippen LogP contribution in [0.1, 0.15) is 32.8 Å². The summed E-state index contributed by atoms with van der Waals surface area (Å²) in [6.45, 7) is 6.48. The van der Waals surface area contributed by atoms with Gasteiger partial charge < -0.3 is 10.3 Å². The molecule has 6 nitrogen and oxygen atoms in total. The lowest BCUT2D eigenvalue weighted by Gasteiger charge is -2.17. The molecule has 0 aliphatic rings. The molecule has 0 atom stereocenters. The van der Waals surface area contributed by atoms with Gasteiger partial charge in [0.2, 0.25) is 5.91 Å². The van der Waals surface area contributed by atoms with E-state index in [1.165, 1.54) is 6.07 Å². The van der Waals surface area contributed by atoms with Crippen LogP contribution in [0.25, 0.3) is 10.9 Å². The highest BCUT2D eigenvalue weighted by Gasteiger charge is 2.17. The number of hydrogen-bond acceptors (Lipinski definition) is 2. The van der Waals surface area contributed by atoms with Gasteiger partial charge in [-0.3, -0.25) is 19.4 Å². The molecule has 0 aliphatic heterocycles. The van der Waals surface area contributed by atoms with Gasteiger partial charge in [0.05, 0.1) is 6.54 Å². The minimum absolute atomic E-state index is 0.102. The summed E-state index contributed by atoms with van der Waals surface area (Å²) in [5, 5.41) is 6.69. The van der Waals surface area contributed by atoms with Crippen LogP contribution in [-0.2, 0) is 11.3 Å². The number of hydrogen-bond donors (Lipinski definition) is 3. The molecule has 3 rings (SSSR count). The third-order valence-electron chi connectivity index (χ3n) is 3.78. The lowest BCUT2D eigenvalue weighted by atomic mass is 9.92. The minimum Gasteiger partial charge on any atom is -0.361 e. The van der Waals surface area contributed by atoms with Gasteiger partial charge in [0, 0.05) is 29.6 Å². The molecule has 0 spiro atoms. The minimum atomic E-state index is -0.234. The first-order valence-electron chi connectivity index (χ1n) is 7.96. The van der Waals surface area contributed by atoms with Crippen LogP contribution in [0.15, 0.2) is 41.3 Å². The Morgan fingerprint density at radius 3 is 2.79 bits per heavy atom. The Labute approximate surface area is 139 Å². The van der Waals surface area contributed by atoms with Gasteiger partial charge in [-0.25, -0.2) is 0 Å². The second-order valence-corrected chi connectivity index (χ2v) is 7.23. The SMILES string of the molecule is CC(C)(C)CC(=O)Nc1cc(=O)[nH]n1Cc1cccc2[nH]ccc12. The van der Waals surface area contributed by atoms with E-state index in [-0.39, 0.29) is 16.9 Å². The molecule has 0 aliphatic carbocycles. The standard InChI is InChI=1S/C18H22N4O2/c1-18(2,3)10-17(24)20-15-9-16(23)21-22(15)11-12-5-4-6-14-13(12)7-8-19-14/h4-9,19H,10-11H2,1-3H3,(H,20,24)(H,21,23). The van der Waals surface area contributed by atoms with Crippen molar-refractivity contribution in [3.05, 3.63) is 52.4 Å². The molecule has 126 valence electrons. The number of nitrogens with one attached hydrogen (secondary N) is 3. The lowest BCUT2D eigenvalue weighted by molar-refractivity contribution is -0.117. The van der Waals surface area contributed by atoms with Crippen LogP contribution in [0, 0.1) is 5.41 Å². The van der Waals surface area contributed by atoms with Gasteiger partial charge in [-0.2, -0.15) is 0 Å². The molecule has 2 aromatic heterocycles. The average molecular weight is 326 g/mol. The first kappa shape index (κ1) is 16.1. The van der Waals surface area contributed by atoms with Crippen molar-refractivity contribution in [2.45, 2.75) is 33.7 Å². The normalized spacial score (nSPS) is 11.8. The number of carbonyl (C=O) groups is 1. The first-order chi connectivity index (χ1) is 11.3. The molecule has 0 bridgehead atoms. The van der Waals surface area contributed by atoms with Gasteiger partial charge in [-0.1, -0.05) is 32.9 Å². The Morgan fingerprint density at radius 2 is 2.04 bits per heavy atom. The fourth-order valence-electron chi connectivity index (χ4n) is 2.78. The van der Waals surface area contributed by atoms with E-state index < -0.39 is 0 Å². The summed E-state index contributed by atoms with van der Waals surface area (Å²) >= 11 is 0. The molecule has 3 aromatic rings. The zero-order valence-corrected chi connectivity index (χ0v) is 14.1. The highest BCUT2D eigenvalue weighted by Crippen LogP contribution is 2.21. The predicted molar refractivity (Wildman–Crippen MR) is 95.2 cm³/mol. The van der Waals surface area contributed by atoms with E-state index in [1.807, 2.05) is 51.2 Å². The summed E-state index contributed by atoms with van der Waals surface area (Å²) in [7, 11) is 0. The van der Waals surface area contributed by atoms with Crippen molar-refractivity contribution in [3.63, 3.8) is 0 Å². The second kappa shape index (κ2) is 6.03. The molecule has 0 saturated heterocycles. The molecule has 24 heavy (non-hydrogen) atoms. The van der Waals surface area contributed by atoms with Crippen LogP contribution < -0.4 is 10.9 Å². The van der Waals surface area contributed by atoms with E-state index >= 15 is 0 Å². The number of amides is 1. The highest BCUT2D eigenvalue weighted by molar-refractivity contribution is 5.90. The maximum absolute atomic E-state index is 12.2. The van der Waals surface area contributed by atoms with Gasteiger partial charge in [0.15, 0.2) is 0 Å². The van der Waals surface area contributed by atoms with Gasteiger partial charge in [0.1, 0.15) is 5.82 Å². The first-order valence-corrected chi connectivity index (χ1v) is 7.96. The molecule has 0 radical (unpaired) electrons. The van der Waals surface area contributed by atoms with Crippen molar-refractivity contribution in [1.29, 1.82) is 0 Å². The Kier molecular flexibility index (Phi) is 4.05. The van der Waals surface area contributed by atoms with Crippen LogP contribution in [0.2, 0.25) is 0 Å². The van der Waals surface area contributed by atoms with Gasteiger partial charge in [-0.05, 0) is 23.1 Å². The third-order valence-corrected chi connectivity index (χ3v) is 3.78. The molecule has 2 heterocycles. The van der Waals surface area contributed by atoms with Crippen molar-refractivity contribution < 1.29 is 4.79 Å². The number of carbonyl (C=O) groups excluding carboxylic acids is 1. The molecule has 0 unspecified atom stereocenters. The van der Waals surface area contributed by atoms with E-state index in [2.05, 4.69) is 15.4 Å². The van der Waals surface area contributed by atoms with Gasteiger partial charge >= 0.3 is 0 Å². The zero-order chi connectivity index (χ0) is 17.3. The molecule has 0 saturated carbocycles. The summed E-state index contributed by atoms with van der Waals surface area (Å²) in [5.74, 6) is 0.386. The Balaban J connectivity index is 1.86. The van der Waals surface area contributed by atoms with Crippen LogP contribution in [-0.4, -0.2) is 20.7 Å². The molecular formula is C18H22N4O2. The fourth-order valence-corrected chi connectivity index (χ4v) is 2.78. The molecular weight excluding hydrogens is 304 g/mol. The summed E-state index contributed by atoms with van der Waals surface area (Å²) in [4.78, 5) is 27.1. The maximum atomic E-state index is 12.2. The van der Waals surface area contributed by atoms with E-state index in [0.29, 0.717) is 18.8 Å². The van der Waals surface area contributed by atoms with Gasteiger partial charge in [0.25, 0.3) is 5.56 Å². The summed E-state index contributed by atoms with van der Waals surface area (Å²) in [6, 6.07) is 9.40. The van der Waals surface area contributed by atoms with Crippen molar-refractivity contribution >= 4 is 22.6 Å². The van der Waals surface area contributed by atoms with Crippen LogP contribution in [0.3, 0.4) is 0 Å². The van der Waals surface area contributed by atoms with E-state index in [1.54, 1.807) is 4.68 Å². The Morgan fingerprint density at radius 1 is 1.25 bits per heavy atom. The molecule has 1 amide bonds. The highest BCUT2D eigenvalue weighted by atomic mass is 16.2. The fraction of sp³-hybridized carbons (Fsp3) is 0.333. The molecule has 3 N–H and O–H groups in total. The van der Waals surface area contributed by atoms with E-state index in [4.69, 9.17) is 0 Å². The summed E-state index contributed by atoms with van der Waals surface area (Å²) in [6.07, 6.45) is 2.28. The maximum Gasteiger partial charge on any atom is 0.266 e. The molecule has 0 fully saturated rings. The third kappa shape index (κ3) is 3.59. The number of aromatic amines is 2. The number of rotatable bonds is 4. The van der Waals surface area contributed by atoms with Crippen LogP contribution in [0.4, 0.5) is 5.82 Å². The number of anilines is 1. The zero-order valence-electron chi connectivity index (χ0n) is 14.1. The van der Waals surface area contributed by atoms with Crippen molar-refractivity contribution in [1.82, 2.24) is 14.8 Å². The lowest BCUT2D eigenvalue weighted by Crippen LogP contribution is -2.21. The molecule has 1 aromatic carbocycles. The Hall–Kier alpha value is -2.76. The van der Waals surface area contributed by atoms with Gasteiger partial charge in [-0.15, -0.1) is 0 Å². The Bertz CT molecular complexity index is 924.